The molecule has 0 aromatic heterocycles. The first-order chi connectivity index (χ1) is 8.96. The van der Waals surface area contributed by atoms with E-state index in [2.05, 4.69) is 4.72 Å². The minimum Gasteiger partial charge on any atom is -0.389 e. The van der Waals surface area contributed by atoms with Gasteiger partial charge < -0.3 is 9.84 Å². The zero-order chi connectivity index (χ0) is 13.9. The Bertz CT molecular complexity index is 521. The van der Waals surface area contributed by atoms with Crippen molar-refractivity contribution in [3.8, 4) is 0 Å². The lowest BCUT2D eigenvalue weighted by Crippen LogP contribution is -2.25. The number of rotatable bonds is 5. The number of ether oxygens (including phenoxy) is 1. The van der Waals surface area contributed by atoms with E-state index in [0.717, 1.165) is 12.8 Å². The van der Waals surface area contributed by atoms with Crippen LogP contribution in [0.4, 0.5) is 5.69 Å². The molecule has 1 saturated heterocycles. The molecule has 1 fully saturated rings. The van der Waals surface area contributed by atoms with E-state index in [0.29, 0.717) is 17.9 Å². The summed E-state index contributed by atoms with van der Waals surface area (Å²) in [5.74, 6) is -0.0219. The van der Waals surface area contributed by atoms with Gasteiger partial charge in [-0.2, -0.15) is 0 Å². The predicted molar refractivity (Wildman–Crippen MR) is 73.5 cm³/mol. The third-order valence-corrected chi connectivity index (χ3v) is 4.43. The predicted octanol–water partition coefficient (Wildman–Crippen LogP) is 1.66. The van der Waals surface area contributed by atoms with Crippen LogP contribution in [0, 0.1) is 0 Å². The highest BCUT2D eigenvalue weighted by atomic mass is 32.2. The average molecular weight is 285 g/mol. The molecule has 1 heterocycles. The SMILES string of the molecule is CC(O)c1cccc(NS(=O)(=O)CC2CCCO2)c1. The Kier molecular flexibility index (Phi) is 4.44. The Morgan fingerprint density at radius 2 is 2.32 bits per heavy atom. The number of hydrogen-bond donors (Lipinski definition) is 2. The van der Waals surface area contributed by atoms with Crippen molar-refractivity contribution in [3.63, 3.8) is 0 Å². The molecule has 0 spiro atoms. The standard InChI is InChI=1S/C13H19NO4S/c1-10(15)11-4-2-5-12(8-11)14-19(16,17)9-13-6-3-7-18-13/h2,4-5,8,10,13-15H,3,6-7,9H2,1H3. The van der Waals surface area contributed by atoms with Gasteiger partial charge in [0, 0.05) is 12.3 Å². The van der Waals surface area contributed by atoms with Crippen LogP contribution in [0.2, 0.25) is 0 Å². The van der Waals surface area contributed by atoms with E-state index in [-0.39, 0.29) is 11.9 Å². The quantitative estimate of drug-likeness (QED) is 0.862. The largest absolute Gasteiger partial charge is 0.389 e. The lowest BCUT2D eigenvalue weighted by atomic mass is 10.1. The molecule has 19 heavy (non-hydrogen) atoms. The molecule has 0 saturated carbocycles. The highest BCUT2D eigenvalue weighted by molar-refractivity contribution is 7.92. The van der Waals surface area contributed by atoms with Gasteiger partial charge >= 0.3 is 0 Å². The maximum atomic E-state index is 12.0. The van der Waals surface area contributed by atoms with Gasteiger partial charge in [-0.3, -0.25) is 4.72 Å². The van der Waals surface area contributed by atoms with Crippen molar-refractivity contribution >= 4 is 15.7 Å². The monoisotopic (exact) mass is 285 g/mol. The molecular weight excluding hydrogens is 266 g/mol. The zero-order valence-corrected chi connectivity index (χ0v) is 11.7. The minimum atomic E-state index is -3.42. The molecule has 1 aliphatic heterocycles. The van der Waals surface area contributed by atoms with Crippen LogP contribution in [-0.2, 0) is 14.8 Å². The highest BCUT2D eigenvalue weighted by Gasteiger charge is 2.23. The van der Waals surface area contributed by atoms with E-state index >= 15 is 0 Å². The third-order valence-electron chi connectivity index (χ3n) is 3.07. The van der Waals surface area contributed by atoms with Crippen molar-refractivity contribution < 1.29 is 18.3 Å². The van der Waals surface area contributed by atoms with Gasteiger partial charge in [0.05, 0.1) is 18.0 Å². The van der Waals surface area contributed by atoms with Crippen LogP contribution < -0.4 is 4.72 Å². The Morgan fingerprint density at radius 1 is 1.53 bits per heavy atom. The lowest BCUT2D eigenvalue weighted by Gasteiger charge is -2.13. The molecule has 2 unspecified atom stereocenters. The van der Waals surface area contributed by atoms with E-state index in [1.54, 1.807) is 31.2 Å². The molecule has 1 aromatic rings. The fourth-order valence-electron chi connectivity index (χ4n) is 2.10. The first kappa shape index (κ1) is 14.3. The number of sulfonamides is 1. The fraction of sp³-hybridized carbons (Fsp3) is 0.538. The number of aliphatic hydroxyl groups is 1. The van der Waals surface area contributed by atoms with Crippen LogP contribution in [0.3, 0.4) is 0 Å². The van der Waals surface area contributed by atoms with Gasteiger partial charge in [0.2, 0.25) is 10.0 Å². The molecule has 2 N–H and O–H groups in total. The molecule has 0 amide bonds. The van der Waals surface area contributed by atoms with Crippen molar-refractivity contribution in [3.05, 3.63) is 29.8 Å². The topological polar surface area (TPSA) is 75.6 Å². The van der Waals surface area contributed by atoms with Gasteiger partial charge in [-0.15, -0.1) is 0 Å². The molecular formula is C13H19NO4S. The average Bonchev–Trinajstić information content (AvgIpc) is 2.80. The second kappa shape index (κ2) is 5.90. The number of aliphatic hydroxyl groups excluding tert-OH is 1. The van der Waals surface area contributed by atoms with Crippen molar-refractivity contribution in [2.75, 3.05) is 17.1 Å². The number of hydrogen-bond acceptors (Lipinski definition) is 4. The summed E-state index contributed by atoms with van der Waals surface area (Å²) >= 11 is 0. The Morgan fingerprint density at radius 3 is 2.95 bits per heavy atom. The minimum absolute atomic E-state index is 0.0219. The summed E-state index contributed by atoms with van der Waals surface area (Å²) in [4.78, 5) is 0. The van der Waals surface area contributed by atoms with Crippen LogP contribution >= 0.6 is 0 Å². The molecule has 0 radical (unpaired) electrons. The Hall–Kier alpha value is -1.11. The zero-order valence-electron chi connectivity index (χ0n) is 10.9. The summed E-state index contributed by atoms with van der Waals surface area (Å²) < 4.78 is 31.8. The van der Waals surface area contributed by atoms with Gasteiger partial charge in [0.25, 0.3) is 0 Å². The van der Waals surface area contributed by atoms with Gasteiger partial charge in [-0.1, -0.05) is 12.1 Å². The number of benzene rings is 1. The molecule has 1 aliphatic rings. The van der Waals surface area contributed by atoms with Crippen LogP contribution in [0.1, 0.15) is 31.4 Å². The molecule has 106 valence electrons. The van der Waals surface area contributed by atoms with Gasteiger partial charge in [0.1, 0.15) is 0 Å². The molecule has 0 aliphatic carbocycles. The Labute approximate surface area is 113 Å². The van der Waals surface area contributed by atoms with E-state index in [1.807, 2.05) is 0 Å². The second-order valence-corrected chi connectivity index (χ2v) is 6.59. The van der Waals surface area contributed by atoms with E-state index in [4.69, 9.17) is 4.74 Å². The summed E-state index contributed by atoms with van der Waals surface area (Å²) in [5, 5.41) is 9.48. The summed E-state index contributed by atoms with van der Waals surface area (Å²) in [6, 6.07) is 6.77. The summed E-state index contributed by atoms with van der Waals surface area (Å²) in [6.45, 7) is 2.28. The molecule has 5 nitrogen and oxygen atoms in total. The molecule has 0 bridgehead atoms. The van der Waals surface area contributed by atoms with E-state index in [1.165, 1.54) is 0 Å². The molecule has 2 atom stereocenters. The normalized spacial score (nSPS) is 21.3. The smallest absolute Gasteiger partial charge is 0.235 e. The van der Waals surface area contributed by atoms with Crippen molar-refractivity contribution in [1.82, 2.24) is 0 Å². The summed E-state index contributed by atoms with van der Waals surface area (Å²) in [6.07, 6.45) is 0.867. The number of nitrogens with one attached hydrogen (secondary N) is 1. The van der Waals surface area contributed by atoms with Crippen molar-refractivity contribution in [1.29, 1.82) is 0 Å². The highest BCUT2D eigenvalue weighted by Crippen LogP contribution is 2.19. The van der Waals surface area contributed by atoms with Crippen LogP contribution in [0.25, 0.3) is 0 Å². The molecule has 1 aromatic carbocycles. The Balaban J connectivity index is 2.04. The summed E-state index contributed by atoms with van der Waals surface area (Å²) in [7, 11) is -3.42. The van der Waals surface area contributed by atoms with Crippen LogP contribution in [0.15, 0.2) is 24.3 Å². The van der Waals surface area contributed by atoms with E-state index in [9.17, 15) is 13.5 Å². The summed E-state index contributed by atoms with van der Waals surface area (Å²) in [5.41, 5.74) is 1.15. The lowest BCUT2D eigenvalue weighted by molar-refractivity contribution is 0.127. The second-order valence-electron chi connectivity index (χ2n) is 4.82. The first-order valence-corrected chi connectivity index (χ1v) is 8.01. The maximum absolute atomic E-state index is 12.0. The van der Waals surface area contributed by atoms with E-state index < -0.39 is 16.1 Å². The van der Waals surface area contributed by atoms with Gasteiger partial charge in [-0.05, 0) is 37.5 Å². The van der Waals surface area contributed by atoms with Crippen molar-refractivity contribution in [2.45, 2.75) is 32.0 Å². The van der Waals surface area contributed by atoms with Gasteiger partial charge in [0.15, 0.2) is 0 Å². The fourth-order valence-corrected chi connectivity index (χ4v) is 3.43. The van der Waals surface area contributed by atoms with Gasteiger partial charge in [-0.25, -0.2) is 8.42 Å². The molecule has 2 rings (SSSR count). The first-order valence-electron chi connectivity index (χ1n) is 6.36. The third kappa shape index (κ3) is 4.19. The molecule has 6 heteroatoms. The maximum Gasteiger partial charge on any atom is 0.235 e. The van der Waals surface area contributed by atoms with Crippen molar-refractivity contribution in [2.24, 2.45) is 0 Å². The number of anilines is 1. The van der Waals surface area contributed by atoms with Crippen LogP contribution in [0.5, 0.6) is 0 Å². The van der Waals surface area contributed by atoms with Crippen LogP contribution in [-0.4, -0.2) is 32.0 Å².